The number of alkyl halides is 3. The van der Waals surface area contributed by atoms with Crippen molar-refractivity contribution in [3.8, 4) is 0 Å². The summed E-state index contributed by atoms with van der Waals surface area (Å²) in [6.07, 6.45) is 2.43. The van der Waals surface area contributed by atoms with Crippen LogP contribution in [0, 0.1) is 0 Å². The van der Waals surface area contributed by atoms with Crippen molar-refractivity contribution >= 4 is 26.3 Å². The van der Waals surface area contributed by atoms with E-state index in [1.54, 1.807) is 25.1 Å². The van der Waals surface area contributed by atoms with Gasteiger partial charge in [0.15, 0.2) is 9.84 Å². The zero-order valence-corrected chi connectivity index (χ0v) is 21.6. The number of para-hydroxylation sites is 1. The number of rotatable bonds is 6. The van der Waals surface area contributed by atoms with E-state index in [1.165, 1.54) is 12.3 Å². The molecule has 0 saturated heterocycles. The second-order valence-corrected chi connectivity index (χ2v) is 11.9. The van der Waals surface area contributed by atoms with Crippen molar-refractivity contribution in [1.29, 1.82) is 0 Å². The lowest BCUT2D eigenvalue weighted by Gasteiger charge is -2.36. The minimum absolute atomic E-state index is 0.0981. The van der Waals surface area contributed by atoms with E-state index in [9.17, 15) is 21.6 Å². The number of hydrogen-bond acceptors (Lipinski definition) is 3. The molecule has 0 bridgehead atoms. The highest BCUT2D eigenvalue weighted by molar-refractivity contribution is 7.92. The Kier molecular flexibility index (Phi) is 6.73. The number of fused-ring (bicyclic) bond motifs is 1. The summed E-state index contributed by atoms with van der Waals surface area (Å²) in [7, 11) is -3.87. The summed E-state index contributed by atoms with van der Waals surface area (Å²) < 4.78 is 68.7. The topological polar surface area (TPSA) is 47.0 Å². The van der Waals surface area contributed by atoms with Gasteiger partial charge in [-0.25, -0.2) is 8.42 Å². The summed E-state index contributed by atoms with van der Waals surface area (Å²) in [6.45, 7) is 1.58. The van der Waals surface area contributed by atoms with E-state index in [0.29, 0.717) is 17.5 Å². The Morgan fingerprint density at radius 1 is 0.921 bits per heavy atom. The summed E-state index contributed by atoms with van der Waals surface area (Å²) in [4.78, 5) is 4.26. The monoisotopic (exact) mass is 533 g/mol. The third-order valence-corrected chi connectivity index (χ3v) is 9.49. The van der Waals surface area contributed by atoms with Crippen LogP contribution in [0.25, 0.3) is 16.5 Å². The summed E-state index contributed by atoms with van der Waals surface area (Å²) in [6, 6.07) is 22.8. The van der Waals surface area contributed by atoms with Crippen molar-refractivity contribution < 1.29 is 21.6 Å². The number of pyridine rings is 1. The van der Waals surface area contributed by atoms with Crippen LogP contribution in [-0.4, -0.2) is 19.2 Å². The van der Waals surface area contributed by atoms with Crippen LogP contribution >= 0.6 is 0 Å². The Bertz CT molecular complexity index is 1640. The molecule has 0 saturated carbocycles. The van der Waals surface area contributed by atoms with E-state index < -0.39 is 26.3 Å². The average Bonchev–Trinajstić information content (AvgIpc) is 2.93. The van der Waals surface area contributed by atoms with Gasteiger partial charge in [0.05, 0.1) is 11.1 Å². The number of aromatic nitrogens is 1. The standard InChI is InChI=1S/C31H26F3NO2S/c1-2-38(36,37)30(18-10-15-24(20-30)23-13-7-4-8-14-23)28-25(19-22-11-5-3-6-12-22)21-35-29-26(28)16-9-17-27(29)31(32,33)34/h3-18,21H,2,19-20H2,1H3. The number of allylic oxidation sites excluding steroid dienone is 3. The molecule has 3 nitrogen and oxygen atoms in total. The third-order valence-electron chi connectivity index (χ3n) is 7.14. The normalized spacial score (nSPS) is 17.9. The molecular formula is C31H26F3NO2S. The molecule has 194 valence electrons. The molecule has 5 rings (SSSR count). The SMILES string of the molecule is CCS(=O)(=O)C1(c2c(Cc3ccccc3)cnc3c(C(F)(F)F)cccc23)C=CC=C(c2ccccc2)C1. The molecule has 0 radical (unpaired) electrons. The highest BCUT2D eigenvalue weighted by Crippen LogP contribution is 2.48. The van der Waals surface area contributed by atoms with Crippen LogP contribution in [0.5, 0.6) is 0 Å². The fraction of sp³-hybridized carbons (Fsp3) is 0.194. The van der Waals surface area contributed by atoms with Crippen molar-refractivity contribution in [1.82, 2.24) is 4.98 Å². The van der Waals surface area contributed by atoms with Gasteiger partial charge >= 0.3 is 6.18 Å². The van der Waals surface area contributed by atoms with E-state index in [0.717, 1.165) is 22.8 Å². The number of hydrogen-bond donors (Lipinski definition) is 0. The maximum absolute atomic E-state index is 14.1. The smallest absolute Gasteiger partial charge is 0.255 e. The lowest BCUT2D eigenvalue weighted by Crippen LogP contribution is -2.38. The molecule has 1 heterocycles. The van der Waals surface area contributed by atoms with Gasteiger partial charge in [-0.3, -0.25) is 4.98 Å². The molecule has 1 aromatic heterocycles. The van der Waals surface area contributed by atoms with E-state index in [1.807, 2.05) is 66.7 Å². The molecule has 0 aliphatic heterocycles. The van der Waals surface area contributed by atoms with Crippen LogP contribution < -0.4 is 0 Å². The molecule has 0 fully saturated rings. The second kappa shape index (κ2) is 9.87. The predicted molar refractivity (Wildman–Crippen MR) is 145 cm³/mol. The van der Waals surface area contributed by atoms with E-state index in [-0.39, 0.29) is 23.1 Å². The molecule has 1 aliphatic rings. The Morgan fingerprint density at radius 3 is 2.26 bits per heavy atom. The Hall–Kier alpha value is -3.71. The van der Waals surface area contributed by atoms with Crippen LogP contribution in [0.15, 0.2) is 103 Å². The number of nitrogens with zero attached hydrogens (tertiary/aromatic N) is 1. The van der Waals surface area contributed by atoms with Crippen LogP contribution in [0.4, 0.5) is 13.2 Å². The highest BCUT2D eigenvalue weighted by Gasteiger charge is 2.47. The first kappa shape index (κ1) is 25.9. The fourth-order valence-corrected chi connectivity index (χ4v) is 7.04. The zero-order valence-electron chi connectivity index (χ0n) is 20.7. The van der Waals surface area contributed by atoms with Crippen LogP contribution in [-0.2, 0) is 27.2 Å². The molecule has 1 atom stereocenters. The van der Waals surface area contributed by atoms with E-state index >= 15 is 0 Å². The third kappa shape index (κ3) is 4.56. The molecule has 1 unspecified atom stereocenters. The van der Waals surface area contributed by atoms with Gasteiger partial charge in [0.2, 0.25) is 0 Å². The van der Waals surface area contributed by atoms with Gasteiger partial charge in [-0.05, 0) is 40.3 Å². The van der Waals surface area contributed by atoms with Gasteiger partial charge in [-0.1, -0.05) is 97.9 Å². The Labute approximate surface area is 220 Å². The minimum Gasteiger partial charge on any atom is -0.255 e. The lowest BCUT2D eigenvalue weighted by atomic mass is 9.80. The molecule has 0 amide bonds. The minimum atomic E-state index is -4.64. The second-order valence-electron chi connectivity index (χ2n) is 9.41. The average molecular weight is 534 g/mol. The molecule has 0 spiro atoms. The first-order chi connectivity index (χ1) is 18.2. The van der Waals surface area contributed by atoms with Gasteiger partial charge in [-0.2, -0.15) is 13.2 Å². The van der Waals surface area contributed by atoms with Gasteiger partial charge in [0.1, 0.15) is 4.75 Å². The van der Waals surface area contributed by atoms with Crippen molar-refractivity contribution in [3.63, 3.8) is 0 Å². The van der Waals surface area contributed by atoms with Crippen molar-refractivity contribution in [2.75, 3.05) is 5.75 Å². The first-order valence-corrected chi connectivity index (χ1v) is 14.0. The summed E-state index contributed by atoms with van der Waals surface area (Å²) in [5.74, 6) is -0.174. The fourth-order valence-electron chi connectivity index (χ4n) is 5.31. The number of halogens is 3. The molecule has 7 heteroatoms. The van der Waals surface area contributed by atoms with Crippen molar-refractivity contribution in [2.24, 2.45) is 0 Å². The summed E-state index contributed by atoms with van der Waals surface area (Å²) >= 11 is 0. The molecule has 3 aromatic carbocycles. The maximum Gasteiger partial charge on any atom is 0.418 e. The highest BCUT2D eigenvalue weighted by atomic mass is 32.2. The van der Waals surface area contributed by atoms with E-state index in [4.69, 9.17) is 0 Å². The van der Waals surface area contributed by atoms with Gasteiger partial charge in [0.25, 0.3) is 0 Å². The van der Waals surface area contributed by atoms with Crippen LogP contribution in [0.3, 0.4) is 0 Å². The number of benzene rings is 3. The quantitative estimate of drug-likeness (QED) is 0.258. The van der Waals surface area contributed by atoms with Crippen LogP contribution in [0.2, 0.25) is 0 Å². The van der Waals surface area contributed by atoms with Gasteiger partial charge < -0.3 is 0 Å². The largest absolute Gasteiger partial charge is 0.418 e. The molecule has 0 N–H and O–H groups in total. The summed E-state index contributed by atoms with van der Waals surface area (Å²) in [5, 5.41) is 0.198. The molecule has 4 aromatic rings. The van der Waals surface area contributed by atoms with E-state index in [2.05, 4.69) is 4.98 Å². The van der Waals surface area contributed by atoms with Crippen LogP contribution in [0.1, 0.15) is 41.2 Å². The zero-order chi connectivity index (χ0) is 27.0. The predicted octanol–water partition coefficient (Wildman–Crippen LogP) is 7.52. The summed E-state index contributed by atoms with van der Waals surface area (Å²) in [5.41, 5.74) is 2.38. The Balaban J connectivity index is 1.84. The Morgan fingerprint density at radius 2 is 1.61 bits per heavy atom. The number of sulfone groups is 1. The molecular weight excluding hydrogens is 507 g/mol. The maximum atomic E-state index is 14.1. The van der Waals surface area contributed by atoms with Gasteiger partial charge in [-0.15, -0.1) is 0 Å². The van der Waals surface area contributed by atoms with Gasteiger partial charge in [0, 0.05) is 23.8 Å². The molecule has 38 heavy (non-hydrogen) atoms. The van der Waals surface area contributed by atoms with Crippen molar-refractivity contribution in [3.05, 3.63) is 131 Å². The van der Waals surface area contributed by atoms with Crippen molar-refractivity contribution in [2.45, 2.75) is 30.7 Å². The molecule has 1 aliphatic carbocycles. The first-order valence-electron chi connectivity index (χ1n) is 12.3. The lowest BCUT2D eigenvalue weighted by molar-refractivity contribution is -0.136.